The first-order valence-electron chi connectivity index (χ1n) is 5.78. The van der Waals surface area contributed by atoms with Gasteiger partial charge in [0.25, 0.3) is 0 Å². The Kier molecular flexibility index (Phi) is 3.66. The molecule has 0 unspecified atom stereocenters. The molecule has 0 aliphatic carbocycles. The first kappa shape index (κ1) is 12.9. The molecule has 0 amide bonds. The van der Waals surface area contributed by atoms with Crippen LogP contribution in [0.4, 0.5) is 17.2 Å². The molecule has 1 aromatic heterocycles. The lowest BCUT2D eigenvalue weighted by Gasteiger charge is -2.08. The van der Waals surface area contributed by atoms with Gasteiger partial charge in [-0.3, -0.25) is 0 Å². The number of benzene rings is 1. The molecule has 1 aromatic carbocycles. The van der Waals surface area contributed by atoms with Crippen LogP contribution >= 0.6 is 0 Å². The highest BCUT2D eigenvalue weighted by atomic mass is 16.5. The molecular formula is C14H15N3O2. The molecular weight excluding hydrogens is 242 g/mol. The van der Waals surface area contributed by atoms with E-state index in [4.69, 9.17) is 5.73 Å². The Bertz CT molecular complexity index is 594. The van der Waals surface area contributed by atoms with Crippen LogP contribution in [0.2, 0.25) is 0 Å². The Balaban J connectivity index is 2.20. The van der Waals surface area contributed by atoms with Crippen LogP contribution in [0, 0.1) is 6.92 Å². The molecule has 0 bridgehead atoms. The third-order valence-electron chi connectivity index (χ3n) is 2.67. The first-order valence-corrected chi connectivity index (χ1v) is 5.78. The van der Waals surface area contributed by atoms with E-state index in [0.717, 1.165) is 5.69 Å². The van der Waals surface area contributed by atoms with Crippen molar-refractivity contribution in [3.8, 4) is 0 Å². The Morgan fingerprint density at radius 3 is 2.47 bits per heavy atom. The Labute approximate surface area is 111 Å². The maximum absolute atomic E-state index is 11.4. The molecule has 19 heavy (non-hydrogen) atoms. The molecule has 5 nitrogen and oxygen atoms in total. The van der Waals surface area contributed by atoms with Gasteiger partial charge in [-0.25, -0.2) is 9.78 Å². The minimum absolute atomic E-state index is 0.385. The maximum Gasteiger partial charge on any atom is 0.339 e. The molecule has 2 rings (SSSR count). The number of methoxy groups -OCH3 is 1. The number of aromatic nitrogens is 1. The van der Waals surface area contributed by atoms with Crippen LogP contribution in [0.5, 0.6) is 0 Å². The number of hydrogen-bond acceptors (Lipinski definition) is 5. The van der Waals surface area contributed by atoms with Crippen LogP contribution in [0.3, 0.4) is 0 Å². The molecule has 0 atom stereocenters. The second-order valence-electron chi connectivity index (χ2n) is 4.07. The van der Waals surface area contributed by atoms with Gasteiger partial charge in [0.05, 0.1) is 18.4 Å². The zero-order chi connectivity index (χ0) is 13.8. The number of nitrogens with one attached hydrogen (secondary N) is 1. The third kappa shape index (κ3) is 3.01. The van der Waals surface area contributed by atoms with E-state index in [2.05, 4.69) is 15.0 Å². The van der Waals surface area contributed by atoms with Crippen LogP contribution in [-0.2, 0) is 4.74 Å². The summed E-state index contributed by atoms with van der Waals surface area (Å²) in [6.07, 6.45) is 0. The number of carbonyl (C=O) groups is 1. The predicted octanol–water partition coefficient (Wildman–Crippen LogP) is 2.50. The molecule has 3 N–H and O–H groups in total. The third-order valence-corrected chi connectivity index (χ3v) is 2.67. The molecule has 0 fully saturated rings. The zero-order valence-electron chi connectivity index (χ0n) is 10.8. The van der Waals surface area contributed by atoms with Crippen molar-refractivity contribution in [2.75, 3.05) is 18.2 Å². The van der Waals surface area contributed by atoms with Crippen molar-refractivity contribution in [2.45, 2.75) is 6.92 Å². The molecule has 0 aliphatic rings. The standard InChI is InChI=1S/C14H15N3O2/c1-9-12(14(18)19-2)7-8-13(16-9)17-11-5-3-10(15)4-6-11/h3-8H,15H2,1-2H3,(H,16,17). The minimum atomic E-state index is -0.385. The van der Waals surface area contributed by atoms with Gasteiger partial charge >= 0.3 is 5.97 Å². The highest BCUT2D eigenvalue weighted by Gasteiger charge is 2.10. The molecule has 0 radical (unpaired) electrons. The van der Waals surface area contributed by atoms with E-state index in [9.17, 15) is 4.79 Å². The smallest absolute Gasteiger partial charge is 0.339 e. The van der Waals surface area contributed by atoms with Gasteiger partial charge in [-0.05, 0) is 43.3 Å². The lowest BCUT2D eigenvalue weighted by Crippen LogP contribution is -2.06. The van der Waals surface area contributed by atoms with Crippen molar-refractivity contribution < 1.29 is 9.53 Å². The summed E-state index contributed by atoms with van der Waals surface area (Å²) in [5, 5.41) is 3.14. The van der Waals surface area contributed by atoms with Crippen molar-refractivity contribution in [3.05, 3.63) is 47.7 Å². The summed E-state index contributed by atoms with van der Waals surface area (Å²) < 4.78 is 4.68. The molecule has 0 saturated carbocycles. The van der Waals surface area contributed by atoms with Gasteiger partial charge in [0, 0.05) is 11.4 Å². The van der Waals surface area contributed by atoms with Gasteiger partial charge in [-0.2, -0.15) is 0 Å². The quantitative estimate of drug-likeness (QED) is 0.652. The molecule has 5 heteroatoms. The van der Waals surface area contributed by atoms with E-state index in [1.807, 2.05) is 12.1 Å². The van der Waals surface area contributed by atoms with Gasteiger partial charge < -0.3 is 15.8 Å². The van der Waals surface area contributed by atoms with Crippen LogP contribution in [0.15, 0.2) is 36.4 Å². The number of nitrogens with two attached hydrogens (primary N) is 1. The van der Waals surface area contributed by atoms with E-state index in [0.29, 0.717) is 22.8 Å². The number of aryl methyl sites for hydroxylation is 1. The number of hydrogen-bond donors (Lipinski definition) is 2. The van der Waals surface area contributed by atoms with Gasteiger partial charge in [-0.1, -0.05) is 0 Å². The summed E-state index contributed by atoms with van der Waals surface area (Å²) in [7, 11) is 1.35. The average Bonchev–Trinajstić information content (AvgIpc) is 2.41. The van der Waals surface area contributed by atoms with E-state index in [1.165, 1.54) is 7.11 Å². The number of nitrogen functional groups attached to an aromatic ring is 1. The van der Waals surface area contributed by atoms with Crippen molar-refractivity contribution in [1.82, 2.24) is 4.98 Å². The fourth-order valence-electron chi connectivity index (χ4n) is 1.67. The average molecular weight is 257 g/mol. The van der Waals surface area contributed by atoms with Gasteiger partial charge in [-0.15, -0.1) is 0 Å². The summed E-state index contributed by atoms with van der Waals surface area (Å²) in [5.41, 5.74) is 8.28. The monoisotopic (exact) mass is 257 g/mol. The van der Waals surface area contributed by atoms with E-state index in [-0.39, 0.29) is 5.97 Å². The van der Waals surface area contributed by atoms with Crippen molar-refractivity contribution >= 4 is 23.2 Å². The van der Waals surface area contributed by atoms with Crippen molar-refractivity contribution in [2.24, 2.45) is 0 Å². The predicted molar refractivity (Wildman–Crippen MR) is 74.5 cm³/mol. The molecule has 1 heterocycles. The summed E-state index contributed by atoms with van der Waals surface area (Å²) >= 11 is 0. The second kappa shape index (κ2) is 5.39. The van der Waals surface area contributed by atoms with Crippen LogP contribution in [0.1, 0.15) is 16.1 Å². The number of nitrogens with zero attached hydrogens (tertiary/aromatic N) is 1. The fourth-order valence-corrected chi connectivity index (χ4v) is 1.67. The lowest BCUT2D eigenvalue weighted by atomic mass is 10.2. The Hall–Kier alpha value is -2.56. The number of esters is 1. The summed E-state index contributed by atoms with van der Waals surface area (Å²) in [4.78, 5) is 15.8. The van der Waals surface area contributed by atoms with Gasteiger partial charge in [0.2, 0.25) is 0 Å². The Morgan fingerprint density at radius 1 is 1.21 bits per heavy atom. The summed E-state index contributed by atoms with van der Waals surface area (Å²) in [5.74, 6) is 0.277. The van der Waals surface area contributed by atoms with Crippen LogP contribution < -0.4 is 11.1 Å². The van der Waals surface area contributed by atoms with Crippen molar-refractivity contribution in [3.63, 3.8) is 0 Å². The zero-order valence-corrected chi connectivity index (χ0v) is 10.8. The largest absolute Gasteiger partial charge is 0.465 e. The maximum atomic E-state index is 11.4. The van der Waals surface area contributed by atoms with E-state index in [1.54, 1.807) is 31.2 Å². The Morgan fingerprint density at radius 2 is 1.89 bits per heavy atom. The van der Waals surface area contributed by atoms with Gasteiger partial charge in [0.1, 0.15) is 5.82 Å². The molecule has 0 spiro atoms. The first-order chi connectivity index (χ1) is 9.10. The van der Waals surface area contributed by atoms with Gasteiger partial charge in [0.15, 0.2) is 0 Å². The molecule has 2 aromatic rings. The highest BCUT2D eigenvalue weighted by molar-refractivity contribution is 5.90. The fraction of sp³-hybridized carbons (Fsp3) is 0.143. The van der Waals surface area contributed by atoms with Crippen LogP contribution in [0.25, 0.3) is 0 Å². The van der Waals surface area contributed by atoms with Crippen LogP contribution in [-0.4, -0.2) is 18.1 Å². The number of rotatable bonds is 3. The number of carbonyl (C=O) groups excluding carboxylic acids is 1. The van der Waals surface area contributed by atoms with E-state index < -0.39 is 0 Å². The number of anilines is 3. The minimum Gasteiger partial charge on any atom is -0.465 e. The normalized spacial score (nSPS) is 10.0. The highest BCUT2D eigenvalue weighted by Crippen LogP contribution is 2.18. The topological polar surface area (TPSA) is 77.2 Å². The molecule has 98 valence electrons. The summed E-state index contributed by atoms with van der Waals surface area (Å²) in [6, 6.07) is 10.8. The number of ether oxygens (including phenoxy) is 1. The SMILES string of the molecule is COC(=O)c1ccc(Nc2ccc(N)cc2)nc1C. The molecule has 0 aliphatic heterocycles. The molecule has 0 saturated heterocycles. The second-order valence-corrected chi connectivity index (χ2v) is 4.07. The lowest BCUT2D eigenvalue weighted by molar-refractivity contribution is 0.0599. The summed E-state index contributed by atoms with van der Waals surface area (Å²) in [6.45, 7) is 1.76. The van der Waals surface area contributed by atoms with Crippen molar-refractivity contribution in [1.29, 1.82) is 0 Å². The number of pyridine rings is 1. The van der Waals surface area contributed by atoms with E-state index >= 15 is 0 Å².